The highest BCUT2D eigenvalue weighted by molar-refractivity contribution is 14.0. The molecule has 2 N–H and O–H groups in total. The minimum Gasteiger partial charge on any atom is -0.469 e. The number of nitrogens with zero attached hydrogens (tertiary/aromatic N) is 3. The maximum Gasteiger partial charge on any atom is 0.321 e. The van der Waals surface area contributed by atoms with Gasteiger partial charge in [-0.1, -0.05) is 19.1 Å². The predicted molar refractivity (Wildman–Crippen MR) is 133 cm³/mol. The second-order valence-corrected chi connectivity index (χ2v) is 8.01. The van der Waals surface area contributed by atoms with Crippen LogP contribution in [-0.2, 0) is 16.1 Å². The second kappa shape index (κ2) is 12.1. The van der Waals surface area contributed by atoms with Gasteiger partial charge in [0.25, 0.3) is 0 Å². The van der Waals surface area contributed by atoms with Gasteiger partial charge in [0, 0.05) is 38.4 Å². The number of likely N-dealkylation sites (tertiary alicyclic amines) is 2. The maximum atomic E-state index is 12.3. The Balaban J connectivity index is 0.00000341. The van der Waals surface area contributed by atoms with E-state index in [4.69, 9.17) is 9.73 Å². The Hall–Kier alpha value is -2.04. The lowest BCUT2D eigenvalue weighted by Gasteiger charge is -2.21. The van der Waals surface area contributed by atoms with Gasteiger partial charge in [-0.25, -0.2) is 9.79 Å². The highest BCUT2D eigenvalue weighted by Gasteiger charge is 2.36. The van der Waals surface area contributed by atoms with Gasteiger partial charge in [-0.2, -0.15) is 0 Å². The quantitative estimate of drug-likeness (QED) is 0.258. The molecule has 1 aromatic rings. The third-order valence-corrected chi connectivity index (χ3v) is 5.73. The molecule has 9 heteroatoms. The van der Waals surface area contributed by atoms with Crippen LogP contribution in [0.15, 0.2) is 29.3 Å². The largest absolute Gasteiger partial charge is 0.469 e. The highest BCUT2D eigenvalue weighted by Crippen LogP contribution is 2.24. The minimum absolute atomic E-state index is 0. The number of nitrogens with one attached hydrogen (secondary N) is 2. The van der Waals surface area contributed by atoms with Crippen LogP contribution in [-0.4, -0.2) is 67.6 Å². The van der Waals surface area contributed by atoms with Gasteiger partial charge in [0.2, 0.25) is 0 Å². The third kappa shape index (κ3) is 6.72. The van der Waals surface area contributed by atoms with Crippen LogP contribution in [0.2, 0.25) is 0 Å². The molecule has 2 aliphatic heterocycles. The molecule has 2 atom stereocenters. The number of hydrogen-bond donors (Lipinski definition) is 2. The lowest BCUT2D eigenvalue weighted by Crippen LogP contribution is -2.40. The Morgan fingerprint density at radius 2 is 1.94 bits per heavy atom. The average molecular weight is 543 g/mol. The number of hydrogen-bond acceptors (Lipinski definition) is 4. The Bertz CT molecular complexity index is 782. The van der Waals surface area contributed by atoms with Crippen molar-refractivity contribution >= 4 is 47.6 Å². The number of carbonyl (C=O) groups is 2. The summed E-state index contributed by atoms with van der Waals surface area (Å²) in [6.45, 7) is 8.34. The molecule has 2 heterocycles. The van der Waals surface area contributed by atoms with Crippen molar-refractivity contribution in [3.63, 3.8) is 0 Å². The first-order valence-electron chi connectivity index (χ1n) is 10.8. The molecule has 0 aromatic heterocycles. The zero-order chi connectivity index (χ0) is 21.5. The standard InChI is InChI=1S/C22H33N5O3.HI/c1-4-23-21(27-14-16(2)19(15-27)20(28)30-3)24-13-17-8-7-9-18(12-17)25-22(29)26-10-5-6-11-26;/h7-9,12,16,19H,4-6,10-11,13-15H2,1-3H3,(H,23,24)(H,25,29);1H. The predicted octanol–water partition coefficient (Wildman–Crippen LogP) is 3.14. The van der Waals surface area contributed by atoms with Crippen LogP contribution in [0.4, 0.5) is 10.5 Å². The average Bonchev–Trinajstić information content (AvgIpc) is 3.41. The fraction of sp³-hybridized carbons (Fsp3) is 0.591. The summed E-state index contributed by atoms with van der Waals surface area (Å²) in [6.07, 6.45) is 2.14. The molecular weight excluding hydrogens is 509 g/mol. The monoisotopic (exact) mass is 543 g/mol. The Labute approximate surface area is 201 Å². The first kappa shape index (κ1) is 25.2. The van der Waals surface area contributed by atoms with Crippen LogP contribution in [0.3, 0.4) is 0 Å². The van der Waals surface area contributed by atoms with Crippen molar-refractivity contribution in [2.45, 2.75) is 33.2 Å². The fourth-order valence-corrected chi connectivity index (χ4v) is 4.06. The van der Waals surface area contributed by atoms with E-state index in [-0.39, 0.29) is 47.8 Å². The lowest BCUT2D eigenvalue weighted by atomic mass is 9.99. The normalized spacial score (nSPS) is 20.9. The van der Waals surface area contributed by atoms with Crippen molar-refractivity contribution in [3.05, 3.63) is 29.8 Å². The van der Waals surface area contributed by atoms with Crippen molar-refractivity contribution in [2.75, 3.05) is 45.2 Å². The van der Waals surface area contributed by atoms with Gasteiger partial charge >= 0.3 is 12.0 Å². The molecule has 0 spiro atoms. The van der Waals surface area contributed by atoms with Crippen molar-refractivity contribution in [3.8, 4) is 0 Å². The molecule has 8 nitrogen and oxygen atoms in total. The topological polar surface area (TPSA) is 86.3 Å². The zero-order valence-corrected chi connectivity index (χ0v) is 20.9. The van der Waals surface area contributed by atoms with Crippen LogP contribution >= 0.6 is 24.0 Å². The van der Waals surface area contributed by atoms with Gasteiger partial charge in [0.15, 0.2) is 5.96 Å². The molecule has 2 fully saturated rings. The number of guanidine groups is 1. The first-order valence-corrected chi connectivity index (χ1v) is 10.8. The number of benzene rings is 1. The van der Waals surface area contributed by atoms with Gasteiger partial charge in [0.05, 0.1) is 19.6 Å². The van der Waals surface area contributed by atoms with E-state index in [2.05, 4.69) is 22.5 Å². The fourth-order valence-electron chi connectivity index (χ4n) is 4.06. The molecule has 2 aliphatic rings. The summed E-state index contributed by atoms with van der Waals surface area (Å²) in [5.74, 6) is 0.706. The lowest BCUT2D eigenvalue weighted by molar-refractivity contribution is -0.145. The number of ether oxygens (including phenoxy) is 1. The van der Waals surface area contributed by atoms with Crippen molar-refractivity contribution in [1.82, 2.24) is 15.1 Å². The molecule has 0 radical (unpaired) electrons. The number of rotatable bonds is 5. The number of carbonyl (C=O) groups excluding carboxylic acids is 2. The van der Waals surface area contributed by atoms with E-state index >= 15 is 0 Å². The molecule has 0 bridgehead atoms. The van der Waals surface area contributed by atoms with Gasteiger partial charge in [0.1, 0.15) is 0 Å². The summed E-state index contributed by atoms with van der Waals surface area (Å²) < 4.78 is 4.94. The number of aliphatic imine (C=N–C) groups is 1. The van der Waals surface area contributed by atoms with E-state index in [1.54, 1.807) is 0 Å². The van der Waals surface area contributed by atoms with E-state index in [0.29, 0.717) is 13.1 Å². The summed E-state index contributed by atoms with van der Waals surface area (Å²) in [5.41, 5.74) is 1.80. The molecule has 2 saturated heterocycles. The van der Waals surface area contributed by atoms with E-state index in [1.165, 1.54) is 7.11 Å². The van der Waals surface area contributed by atoms with Crippen LogP contribution in [0.1, 0.15) is 32.3 Å². The van der Waals surface area contributed by atoms with Gasteiger partial charge in [-0.05, 0) is 43.4 Å². The summed E-state index contributed by atoms with van der Waals surface area (Å²) in [4.78, 5) is 33.1. The van der Waals surface area contributed by atoms with Crippen molar-refractivity contribution in [2.24, 2.45) is 16.8 Å². The first-order chi connectivity index (χ1) is 14.5. The van der Waals surface area contributed by atoms with E-state index < -0.39 is 0 Å². The number of amides is 2. The molecule has 0 aliphatic carbocycles. The molecule has 0 saturated carbocycles. The van der Waals surface area contributed by atoms with Crippen LogP contribution in [0.25, 0.3) is 0 Å². The summed E-state index contributed by atoms with van der Waals surface area (Å²) >= 11 is 0. The highest BCUT2D eigenvalue weighted by atomic mass is 127. The summed E-state index contributed by atoms with van der Waals surface area (Å²) in [6, 6.07) is 7.76. The van der Waals surface area contributed by atoms with Gasteiger partial charge in [-0.3, -0.25) is 4.79 Å². The molecular formula is C22H34IN5O3. The van der Waals surface area contributed by atoms with E-state index in [0.717, 1.165) is 56.2 Å². The molecule has 3 rings (SSSR count). The van der Waals surface area contributed by atoms with E-state index in [9.17, 15) is 9.59 Å². The van der Waals surface area contributed by atoms with Gasteiger partial charge in [-0.15, -0.1) is 24.0 Å². The molecule has 172 valence electrons. The van der Waals surface area contributed by atoms with Crippen molar-refractivity contribution < 1.29 is 14.3 Å². The summed E-state index contributed by atoms with van der Waals surface area (Å²) in [5, 5.41) is 6.31. The van der Waals surface area contributed by atoms with Crippen LogP contribution in [0, 0.1) is 11.8 Å². The maximum absolute atomic E-state index is 12.3. The van der Waals surface area contributed by atoms with Crippen LogP contribution in [0.5, 0.6) is 0 Å². The Morgan fingerprint density at radius 1 is 1.19 bits per heavy atom. The van der Waals surface area contributed by atoms with Gasteiger partial charge < -0.3 is 25.2 Å². The second-order valence-electron chi connectivity index (χ2n) is 8.01. The van der Waals surface area contributed by atoms with Crippen LogP contribution < -0.4 is 10.6 Å². The number of anilines is 1. The SMILES string of the molecule is CCNC(=NCc1cccc(NC(=O)N2CCCC2)c1)N1CC(C)C(C(=O)OC)C1.I. The molecule has 1 aromatic carbocycles. The van der Waals surface area contributed by atoms with Crippen molar-refractivity contribution in [1.29, 1.82) is 0 Å². The smallest absolute Gasteiger partial charge is 0.321 e. The number of esters is 1. The summed E-state index contributed by atoms with van der Waals surface area (Å²) in [7, 11) is 1.44. The number of halogens is 1. The third-order valence-electron chi connectivity index (χ3n) is 5.73. The molecule has 2 amide bonds. The number of urea groups is 1. The Morgan fingerprint density at radius 3 is 2.61 bits per heavy atom. The molecule has 2 unspecified atom stereocenters. The zero-order valence-electron chi connectivity index (χ0n) is 18.6. The Kier molecular flexibility index (Phi) is 9.86. The van der Waals surface area contributed by atoms with E-state index in [1.807, 2.05) is 36.1 Å². The minimum atomic E-state index is -0.165. The molecule has 31 heavy (non-hydrogen) atoms. The number of methoxy groups -OCH3 is 1.